The number of hydrogen-bond acceptors (Lipinski definition) is 5. The van der Waals surface area contributed by atoms with Crippen LogP contribution in [0.2, 0.25) is 0 Å². The number of halogens is 1. The van der Waals surface area contributed by atoms with Gasteiger partial charge in [0.15, 0.2) is 9.84 Å². The Morgan fingerprint density at radius 2 is 1.85 bits per heavy atom. The summed E-state index contributed by atoms with van der Waals surface area (Å²) in [5.74, 6) is 0.867. The third kappa shape index (κ3) is 6.34. The van der Waals surface area contributed by atoms with E-state index in [4.69, 9.17) is 16.3 Å². The second-order valence-electron chi connectivity index (χ2n) is 7.00. The topological polar surface area (TPSA) is 80.8 Å². The van der Waals surface area contributed by atoms with E-state index in [1.54, 1.807) is 18.2 Å². The third-order valence-corrected chi connectivity index (χ3v) is 8.21. The summed E-state index contributed by atoms with van der Waals surface area (Å²) in [5, 5.41) is 0. The van der Waals surface area contributed by atoms with Gasteiger partial charge >= 0.3 is 0 Å². The number of unbranched alkanes of at least 4 members (excludes halogenated alkanes) is 1. The first-order valence-corrected chi connectivity index (χ1v) is 13.2. The van der Waals surface area contributed by atoms with Crippen molar-refractivity contribution in [2.45, 2.75) is 43.4 Å². The molecule has 1 aromatic carbocycles. The van der Waals surface area contributed by atoms with Gasteiger partial charge in [-0.25, -0.2) is 21.1 Å². The molecule has 154 valence electrons. The maximum Gasteiger partial charge on any atom is 0.211 e. The monoisotopic (exact) mass is 437 g/mol. The van der Waals surface area contributed by atoms with Gasteiger partial charge in [-0.15, -0.1) is 11.6 Å². The molecular weight excluding hydrogens is 410 g/mol. The van der Waals surface area contributed by atoms with E-state index < -0.39 is 19.9 Å². The normalized spacial score (nSPS) is 17.1. The van der Waals surface area contributed by atoms with Gasteiger partial charge in [-0.2, -0.15) is 0 Å². The van der Waals surface area contributed by atoms with Crippen molar-refractivity contribution < 1.29 is 21.6 Å². The molecule has 1 saturated heterocycles. The van der Waals surface area contributed by atoms with E-state index in [-0.39, 0.29) is 22.4 Å². The molecular formula is C18H28ClNO5S2. The van der Waals surface area contributed by atoms with Crippen LogP contribution in [0.3, 0.4) is 0 Å². The van der Waals surface area contributed by atoms with E-state index in [1.807, 2.05) is 6.92 Å². The molecule has 0 bridgehead atoms. The van der Waals surface area contributed by atoms with Crippen LogP contribution in [0.15, 0.2) is 23.1 Å². The van der Waals surface area contributed by atoms with Gasteiger partial charge in [0.05, 0.1) is 18.6 Å². The number of sulfone groups is 1. The van der Waals surface area contributed by atoms with Crippen LogP contribution in [0.1, 0.15) is 38.2 Å². The van der Waals surface area contributed by atoms with Gasteiger partial charge in [0, 0.05) is 19.0 Å². The number of benzene rings is 1. The molecule has 0 aliphatic carbocycles. The molecule has 0 spiro atoms. The quantitative estimate of drug-likeness (QED) is 0.554. The Morgan fingerprint density at radius 3 is 2.41 bits per heavy atom. The maximum atomic E-state index is 12.7. The minimum absolute atomic E-state index is 0.0817. The van der Waals surface area contributed by atoms with Gasteiger partial charge in [0.2, 0.25) is 10.0 Å². The van der Waals surface area contributed by atoms with Gasteiger partial charge < -0.3 is 4.74 Å². The summed E-state index contributed by atoms with van der Waals surface area (Å²) in [6.07, 6.45) is 4.01. The van der Waals surface area contributed by atoms with E-state index in [0.29, 0.717) is 44.7 Å². The number of nitrogens with zero attached hydrogens (tertiary/aromatic N) is 1. The molecule has 0 atom stereocenters. The molecule has 0 unspecified atom stereocenters. The Morgan fingerprint density at radius 1 is 1.19 bits per heavy atom. The number of sulfonamides is 1. The fourth-order valence-electron chi connectivity index (χ4n) is 3.06. The van der Waals surface area contributed by atoms with Crippen LogP contribution in [-0.2, 0) is 25.7 Å². The highest BCUT2D eigenvalue weighted by molar-refractivity contribution is 7.91. The van der Waals surface area contributed by atoms with Crippen molar-refractivity contribution in [2.75, 3.05) is 31.7 Å². The number of alkyl halides is 1. The zero-order chi connectivity index (χ0) is 20.1. The van der Waals surface area contributed by atoms with E-state index in [1.165, 1.54) is 10.6 Å². The van der Waals surface area contributed by atoms with E-state index in [0.717, 1.165) is 12.0 Å². The van der Waals surface area contributed by atoms with Crippen LogP contribution in [0.5, 0.6) is 5.75 Å². The third-order valence-electron chi connectivity index (χ3n) is 4.78. The molecule has 1 heterocycles. The molecule has 0 radical (unpaired) electrons. The van der Waals surface area contributed by atoms with Crippen LogP contribution in [-0.4, -0.2) is 52.8 Å². The number of piperidine rings is 1. The van der Waals surface area contributed by atoms with Gasteiger partial charge in [0.1, 0.15) is 10.6 Å². The molecule has 9 heteroatoms. The Bertz CT molecular complexity index is 831. The highest BCUT2D eigenvalue weighted by atomic mass is 35.5. The summed E-state index contributed by atoms with van der Waals surface area (Å²) in [6.45, 7) is 3.26. The Balaban J connectivity index is 2.08. The molecule has 1 aliphatic rings. The van der Waals surface area contributed by atoms with Crippen molar-refractivity contribution in [3.63, 3.8) is 0 Å². The molecule has 0 aromatic heterocycles. The molecule has 1 aromatic rings. The molecule has 1 fully saturated rings. The zero-order valence-electron chi connectivity index (χ0n) is 15.9. The standard InChI is InChI=1S/C18H28ClNO5S2/c1-3-4-11-27(23,24)18-12-16(13-19)5-6-17(18)25-14-15-7-9-20(10-8-15)26(2,21)22/h5-6,12,15H,3-4,7-11,13-14H2,1-2H3. The van der Waals surface area contributed by atoms with E-state index >= 15 is 0 Å². The van der Waals surface area contributed by atoms with Crippen molar-refractivity contribution in [2.24, 2.45) is 5.92 Å². The predicted octanol–water partition coefficient (Wildman–Crippen LogP) is 3.05. The summed E-state index contributed by atoms with van der Waals surface area (Å²) in [7, 11) is -6.60. The average molecular weight is 438 g/mol. The van der Waals surface area contributed by atoms with E-state index in [2.05, 4.69) is 0 Å². The highest BCUT2D eigenvalue weighted by Gasteiger charge is 2.26. The Labute approximate surface area is 167 Å². The van der Waals surface area contributed by atoms with Crippen molar-refractivity contribution in [3.05, 3.63) is 23.8 Å². The summed E-state index contributed by atoms with van der Waals surface area (Å²) in [4.78, 5) is 0.197. The second-order valence-corrected chi connectivity index (χ2v) is 11.3. The summed E-state index contributed by atoms with van der Waals surface area (Å²) < 4.78 is 55.9. The highest BCUT2D eigenvalue weighted by Crippen LogP contribution is 2.29. The Kier molecular flexibility index (Phi) is 7.97. The van der Waals surface area contributed by atoms with Crippen LogP contribution in [0.4, 0.5) is 0 Å². The fourth-order valence-corrected chi connectivity index (χ4v) is 5.75. The Hall–Kier alpha value is -0.830. The maximum absolute atomic E-state index is 12.7. The minimum Gasteiger partial charge on any atom is -0.492 e. The van der Waals surface area contributed by atoms with Gasteiger partial charge in [0.25, 0.3) is 0 Å². The number of ether oxygens (including phenoxy) is 1. The lowest BCUT2D eigenvalue weighted by Gasteiger charge is -2.30. The number of hydrogen-bond donors (Lipinski definition) is 0. The summed E-state index contributed by atoms with van der Waals surface area (Å²) in [6, 6.07) is 5.04. The first-order chi connectivity index (χ1) is 12.7. The predicted molar refractivity (Wildman–Crippen MR) is 108 cm³/mol. The van der Waals surface area contributed by atoms with Gasteiger partial charge in [-0.05, 0) is 42.9 Å². The van der Waals surface area contributed by atoms with Crippen molar-refractivity contribution in [1.82, 2.24) is 4.31 Å². The van der Waals surface area contributed by atoms with Crippen molar-refractivity contribution >= 4 is 31.5 Å². The molecule has 27 heavy (non-hydrogen) atoms. The second kappa shape index (κ2) is 9.58. The number of rotatable bonds is 9. The van der Waals surface area contributed by atoms with Crippen LogP contribution in [0, 0.1) is 5.92 Å². The average Bonchev–Trinajstić information content (AvgIpc) is 2.64. The van der Waals surface area contributed by atoms with Crippen molar-refractivity contribution in [1.29, 1.82) is 0 Å². The van der Waals surface area contributed by atoms with Crippen LogP contribution >= 0.6 is 11.6 Å². The lowest BCUT2D eigenvalue weighted by Crippen LogP contribution is -2.39. The molecule has 1 aliphatic heterocycles. The first kappa shape index (κ1) is 22.5. The minimum atomic E-state index is -3.44. The van der Waals surface area contributed by atoms with E-state index in [9.17, 15) is 16.8 Å². The lowest BCUT2D eigenvalue weighted by atomic mass is 9.99. The van der Waals surface area contributed by atoms with Crippen molar-refractivity contribution in [3.8, 4) is 5.75 Å². The molecule has 0 N–H and O–H groups in total. The van der Waals surface area contributed by atoms with Crippen LogP contribution in [0.25, 0.3) is 0 Å². The summed E-state index contributed by atoms with van der Waals surface area (Å²) >= 11 is 5.87. The molecule has 6 nitrogen and oxygen atoms in total. The smallest absolute Gasteiger partial charge is 0.211 e. The molecule has 2 rings (SSSR count). The SMILES string of the molecule is CCCCS(=O)(=O)c1cc(CCl)ccc1OCC1CCN(S(C)(=O)=O)CC1. The van der Waals surface area contributed by atoms with Gasteiger partial charge in [-0.1, -0.05) is 19.4 Å². The van der Waals surface area contributed by atoms with Gasteiger partial charge in [-0.3, -0.25) is 0 Å². The zero-order valence-corrected chi connectivity index (χ0v) is 18.2. The first-order valence-electron chi connectivity index (χ1n) is 9.17. The lowest BCUT2D eigenvalue weighted by molar-refractivity contribution is 0.183. The molecule has 0 saturated carbocycles. The van der Waals surface area contributed by atoms with Crippen LogP contribution < -0.4 is 4.74 Å². The largest absolute Gasteiger partial charge is 0.492 e. The fraction of sp³-hybridized carbons (Fsp3) is 0.667. The summed E-state index contributed by atoms with van der Waals surface area (Å²) in [5.41, 5.74) is 0.737. The molecule has 0 amide bonds.